The molecule has 0 heterocycles. The van der Waals surface area contributed by atoms with Crippen molar-refractivity contribution in [2.45, 2.75) is 6.10 Å². The largest absolute Gasteiger partial charge is 0.491 e. The van der Waals surface area contributed by atoms with E-state index in [0.29, 0.717) is 11.5 Å². The van der Waals surface area contributed by atoms with Crippen LogP contribution in [-0.4, -0.2) is 48.7 Å². The molecular formula is C18H20O6. The van der Waals surface area contributed by atoms with E-state index >= 15 is 0 Å². The van der Waals surface area contributed by atoms with Crippen molar-refractivity contribution in [3.63, 3.8) is 0 Å². The zero-order valence-electron chi connectivity index (χ0n) is 13.2. The van der Waals surface area contributed by atoms with Gasteiger partial charge in [0, 0.05) is 16.8 Å². The molecule has 6 heteroatoms. The maximum Gasteiger partial charge on any atom is 0.330 e. The lowest BCUT2D eigenvalue weighted by molar-refractivity contribution is -0.146. The lowest BCUT2D eigenvalue weighted by atomic mass is 10.1. The Kier molecular flexibility index (Phi) is 6.60. The van der Waals surface area contributed by atoms with E-state index in [1.807, 2.05) is 24.3 Å². The number of ether oxygens (including phenoxy) is 3. The summed E-state index contributed by atoms with van der Waals surface area (Å²) in [5, 5.41) is 19.8. The molecule has 1 unspecified atom stereocenters. The van der Waals surface area contributed by atoms with Gasteiger partial charge < -0.3 is 24.4 Å². The first kappa shape index (κ1) is 17.8. The number of carbonyl (C=O) groups is 1. The Morgan fingerprint density at radius 3 is 2.25 bits per heavy atom. The minimum absolute atomic E-state index is 0.0108. The Balaban J connectivity index is 2.17. The van der Waals surface area contributed by atoms with Crippen LogP contribution in [0.1, 0.15) is 0 Å². The first-order valence-electron chi connectivity index (χ1n) is 7.51. The van der Waals surface area contributed by atoms with Crippen molar-refractivity contribution >= 4 is 16.7 Å². The van der Waals surface area contributed by atoms with Crippen LogP contribution >= 0.6 is 0 Å². The molecule has 0 spiro atoms. The molecule has 0 aliphatic carbocycles. The summed E-state index contributed by atoms with van der Waals surface area (Å²) in [6, 6.07) is 11.0. The highest BCUT2D eigenvalue weighted by molar-refractivity contribution is 5.93. The zero-order valence-corrected chi connectivity index (χ0v) is 13.2. The van der Waals surface area contributed by atoms with E-state index in [4.69, 9.17) is 19.3 Å². The molecule has 128 valence electrons. The average molecular weight is 332 g/mol. The molecule has 0 aliphatic rings. The number of rotatable bonds is 9. The molecule has 0 aliphatic heterocycles. The number of benzene rings is 2. The lowest BCUT2D eigenvalue weighted by Crippen LogP contribution is -2.27. The Morgan fingerprint density at radius 2 is 1.71 bits per heavy atom. The molecule has 0 radical (unpaired) electrons. The highest BCUT2D eigenvalue weighted by atomic mass is 16.6. The summed E-state index contributed by atoms with van der Waals surface area (Å²) >= 11 is 0. The van der Waals surface area contributed by atoms with Crippen LogP contribution in [0.5, 0.6) is 11.5 Å². The normalized spacial score (nSPS) is 11.8. The van der Waals surface area contributed by atoms with Gasteiger partial charge in [-0.05, 0) is 12.1 Å². The van der Waals surface area contributed by atoms with Gasteiger partial charge in [0.05, 0.1) is 13.2 Å². The van der Waals surface area contributed by atoms with Crippen LogP contribution in [0.25, 0.3) is 10.8 Å². The second-order valence-corrected chi connectivity index (χ2v) is 4.94. The van der Waals surface area contributed by atoms with Crippen LogP contribution in [0.4, 0.5) is 0 Å². The summed E-state index contributed by atoms with van der Waals surface area (Å²) in [7, 11) is 0. The minimum atomic E-state index is -0.778. The number of aliphatic hydroxyl groups excluding tert-OH is 2. The summed E-state index contributed by atoms with van der Waals surface area (Å²) in [4.78, 5) is 11.2. The minimum Gasteiger partial charge on any atom is -0.491 e. The fourth-order valence-electron chi connectivity index (χ4n) is 2.17. The smallest absolute Gasteiger partial charge is 0.330 e. The van der Waals surface area contributed by atoms with E-state index in [1.54, 1.807) is 12.1 Å². The molecule has 6 nitrogen and oxygen atoms in total. The van der Waals surface area contributed by atoms with Gasteiger partial charge in [-0.15, -0.1) is 0 Å². The van der Waals surface area contributed by atoms with Crippen molar-refractivity contribution in [3.8, 4) is 11.5 Å². The Bertz CT molecular complexity index is 697. The fourth-order valence-corrected chi connectivity index (χ4v) is 2.17. The summed E-state index contributed by atoms with van der Waals surface area (Å²) in [6.45, 7) is 3.10. The van der Waals surface area contributed by atoms with Crippen molar-refractivity contribution in [2.24, 2.45) is 0 Å². The van der Waals surface area contributed by atoms with Gasteiger partial charge in [0.25, 0.3) is 0 Å². The van der Waals surface area contributed by atoms with Crippen LogP contribution in [0.15, 0.2) is 49.1 Å². The van der Waals surface area contributed by atoms with E-state index in [1.165, 1.54) is 0 Å². The molecule has 2 aromatic rings. The van der Waals surface area contributed by atoms with Gasteiger partial charge in [-0.2, -0.15) is 0 Å². The highest BCUT2D eigenvalue weighted by Gasteiger charge is 2.14. The molecule has 2 aromatic carbocycles. The van der Waals surface area contributed by atoms with Gasteiger partial charge in [-0.1, -0.05) is 30.8 Å². The third-order valence-electron chi connectivity index (χ3n) is 3.27. The molecule has 1 atom stereocenters. The monoisotopic (exact) mass is 332 g/mol. The maximum absolute atomic E-state index is 11.2. The average Bonchev–Trinajstić information content (AvgIpc) is 2.63. The number of hydrogen-bond donors (Lipinski definition) is 2. The molecular weight excluding hydrogens is 312 g/mol. The van der Waals surface area contributed by atoms with Crippen molar-refractivity contribution in [1.82, 2.24) is 0 Å². The van der Waals surface area contributed by atoms with Gasteiger partial charge in [0.2, 0.25) is 0 Å². The van der Waals surface area contributed by atoms with E-state index < -0.39 is 12.1 Å². The van der Waals surface area contributed by atoms with Crippen LogP contribution in [0.2, 0.25) is 0 Å². The van der Waals surface area contributed by atoms with E-state index in [-0.39, 0.29) is 26.4 Å². The van der Waals surface area contributed by atoms with Gasteiger partial charge in [-0.25, -0.2) is 4.79 Å². The Morgan fingerprint density at radius 1 is 1.08 bits per heavy atom. The topological polar surface area (TPSA) is 85.2 Å². The third-order valence-corrected chi connectivity index (χ3v) is 3.27. The number of aliphatic hydroxyl groups is 2. The van der Waals surface area contributed by atoms with E-state index in [0.717, 1.165) is 16.8 Å². The maximum atomic E-state index is 11.2. The van der Waals surface area contributed by atoms with Crippen LogP contribution < -0.4 is 9.47 Å². The number of esters is 1. The van der Waals surface area contributed by atoms with Crippen LogP contribution in [0, 0.1) is 0 Å². The second-order valence-electron chi connectivity index (χ2n) is 4.94. The zero-order chi connectivity index (χ0) is 17.4. The summed E-state index contributed by atoms with van der Waals surface area (Å²) < 4.78 is 16.2. The van der Waals surface area contributed by atoms with Gasteiger partial charge in [0.15, 0.2) is 6.10 Å². The van der Waals surface area contributed by atoms with Gasteiger partial charge in [0.1, 0.15) is 24.7 Å². The predicted octanol–water partition coefficient (Wildman–Crippen LogP) is 1.68. The number of carbonyl (C=O) groups excluding carboxylic acids is 1. The fraction of sp³-hybridized carbons (Fsp3) is 0.278. The van der Waals surface area contributed by atoms with Crippen molar-refractivity contribution < 1.29 is 29.2 Å². The third kappa shape index (κ3) is 4.47. The second kappa shape index (κ2) is 8.90. The molecule has 24 heavy (non-hydrogen) atoms. The molecule has 2 N–H and O–H groups in total. The Labute approximate surface area is 139 Å². The van der Waals surface area contributed by atoms with Crippen LogP contribution in [-0.2, 0) is 9.53 Å². The van der Waals surface area contributed by atoms with Crippen LogP contribution in [0.3, 0.4) is 0 Å². The first-order chi connectivity index (χ1) is 11.7. The molecule has 0 saturated carbocycles. The van der Waals surface area contributed by atoms with E-state index in [9.17, 15) is 9.90 Å². The lowest BCUT2D eigenvalue weighted by Gasteiger charge is -2.17. The van der Waals surface area contributed by atoms with Crippen molar-refractivity contribution in [1.29, 1.82) is 0 Å². The standard InChI is InChI=1S/C18H20O6/c1-2-18(21)24-13(11-20)12-23-17-8-7-16(22-10-9-19)14-5-3-4-6-15(14)17/h2-8,13,19-20H,1,9-12H2. The molecule has 2 rings (SSSR count). The molecule has 0 aromatic heterocycles. The van der Waals surface area contributed by atoms with Crippen molar-refractivity contribution in [2.75, 3.05) is 26.4 Å². The quantitative estimate of drug-likeness (QED) is 0.537. The highest BCUT2D eigenvalue weighted by Crippen LogP contribution is 2.33. The van der Waals surface area contributed by atoms with Gasteiger partial charge >= 0.3 is 5.97 Å². The molecule has 0 fully saturated rings. The summed E-state index contributed by atoms with van der Waals surface area (Å²) in [5.41, 5.74) is 0. The van der Waals surface area contributed by atoms with Crippen molar-refractivity contribution in [3.05, 3.63) is 49.1 Å². The first-order valence-corrected chi connectivity index (χ1v) is 7.51. The van der Waals surface area contributed by atoms with E-state index in [2.05, 4.69) is 6.58 Å². The number of fused-ring (bicyclic) bond motifs is 1. The molecule has 0 saturated heterocycles. The van der Waals surface area contributed by atoms with Gasteiger partial charge in [-0.3, -0.25) is 0 Å². The SMILES string of the molecule is C=CC(=O)OC(CO)COc1ccc(OCCO)c2ccccc12. The Hall–Kier alpha value is -2.57. The summed E-state index contributed by atoms with van der Waals surface area (Å²) in [6.07, 6.45) is 0.255. The molecule has 0 bridgehead atoms. The summed E-state index contributed by atoms with van der Waals surface area (Å²) in [5.74, 6) is 0.606. The number of hydrogen-bond acceptors (Lipinski definition) is 6. The predicted molar refractivity (Wildman–Crippen MR) is 89.2 cm³/mol. The molecule has 0 amide bonds.